The van der Waals surface area contributed by atoms with E-state index in [2.05, 4.69) is 5.32 Å². The molecule has 0 saturated carbocycles. The molecule has 0 heterocycles. The van der Waals surface area contributed by atoms with Crippen LogP contribution in [-0.4, -0.2) is 30.1 Å². The average Bonchev–Trinajstić information content (AvgIpc) is 2.02. The third-order valence-corrected chi connectivity index (χ3v) is 2.32. The van der Waals surface area contributed by atoms with Crippen LogP contribution in [0.2, 0.25) is 0 Å². The molecule has 0 bridgehead atoms. The van der Waals surface area contributed by atoms with E-state index >= 15 is 0 Å². The second-order valence-corrected chi connectivity index (χ2v) is 3.39. The molecule has 0 aliphatic heterocycles. The van der Waals surface area contributed by atoms with E-state index in [9.17, 15) is 9.90 Å². The van der Waals surface area contributed by atoms with Crippen LogP contribution < -0.4 is 5.32 Å². The van der Waals surface area contributed by atoms with Gasteiger partial charge < -0.3 is 10.4 Å². The van der Waals surface area contributed by atoms with Crippen molar-refractivity contribution in [2.24, 2.45) is 5.92 Å². The van der Waals surface area contributed by atoms with Gasteiger partial charge in [-0.25, -0.2) is 0 Å². The highest BCUT2D eigenvalue weighted by atomic mass is 16.3. The molecule has 0 saturated heterocycles. The Morgan fingerprint density at radius 2 is 2.00 bits per heavy atom. The van der Waals surface area contributed by atoms with E-state index < -0.39 is 6.10 Å². The van der Waals surface area contributed by atoms with Gasteiger partial charge in [0.25, 0.3) is 0 Å². The van der Waals surface area contributed by atoms with E-state index in [0.29, 0.717) is 6.42 Å². The predicted octanol–water partition coefficient (Wildman–Crippen LogP) is 0.570. The maximum absolute atomic E-state index is 10.9. The van der Waals surface area contributed by atoms with Crippen LogP contribution in [0.4, 0.5) is 0 Å². The molecule has 0 amide bonds. The van der Waals surface area contributed by atoms with Crippen molar-refractivity contribution in [1.82, 2.24) is 5.32 Å². The first kappa shape index (κ1) is 11.6. The second-order valence-electron chi connectivity index (χ2n) is 3.39. The maximum Gasteiger partial charge on any atom is 0.132 e. The van der Waals surface area contributed by atoms with Crippen LogP contribution in [0.15, 0.2) is 0 Å². The first-order valence-electron chi connectivity index (χ1n) is 4.34. The summed E-state index contributed by atoms with van der Waals surface area (Å²) < 4.78 is 0. The van der Waals surface area contributed by atoms with Crippen molar-refractivity contribution in [1.29, 1.82) is 0 Å². The molecular weight excluding hydrogens is 154 g/mol. The van der Waals surface area contributed by atoms with E-state index in [4.69, 9.17) is 0 Å². The fourth-order valence-electron chi connectivity index (χ4n) is 0.925. The lowest BCUT2D eigenvalue weighted by Gasteiger charge is -2.20. The summed E-state index contributed by atoms with van der Waals surface area (Å²) in [6.45, 7) is 5.30. The zero-order valence-electron chi connectivity index (χ0n) is 8.29. The fraction of sp³-hybridized carbons (Fsp3) is 0.889. The van der Waals surface area contributed by atoms with Crippen LogP contribution in [0.1, 0.15) is 27.2 Å². The minimum Gasteiger partial charge on any atom is -0.391 e. The van der Waals surface area contributed by atoms with Crippen LogP contribution in [-0.2, 0) is 4.79 Å². The summed E-state index contributed by atoms with van der Waals surface area (Å²) in [5.41, 5.74) is 0. The number of hydrogen-bond donors (Lipinski definition) is 2. The summed E-state index contributed by atoms with van der Waals surface area (Å²) in [7, 11) is 1.80. The average molecular weight is 173 g/mol. The van der Waals surface area contributed by atoms with E-state index in [1.54, 1.807) is 14.0 Å². The first-order valence-corrected chi connectivity index (χ1v) is 4.34. The summed E-state index contributed by atoms with van der Waals surface area (Å²) >= 11 is 0. The van der Waals surface area contributed by atoms with Crippen molar-refractivity contribution in [2.45, 2.75) is 39.3 Å². The molecule has 2 N–H and O–H groups in total. The molecule has 0 fully saturated rings. The number of aliphatic hydroxyl groups excluding tert-OH is 1. The summed E-state index contributed by atoms with van der Waals surface area (Å²) in [5.74, 6) is 0.0909. The van der Waals surface area contributed by atoms with Crippen molar-refractivity contribution in [3.8, 4) is 0 Å². The summed E-state index contributed by atoms with van der Waals surface area (Å²) in [6, 6.07) is 0.0480. The minimum absolute atomic E-state index is 0.0456. The molecule has 0 aromatic heterocycles. The van der Waals surface area contributed by atoms with Gasteiger partial charge in [-0.05, 0) is 27.3 Å². The molecule has 0 unspecified atom stereocenters. The molecule has 3 heteroatoms. The van der Waals surface area contributed by atoms with Gasteiger partial charge in [0.2, 0.25) is 0 Å². The van der Waals surface area contributed by atoms with Crippen molar-refractivity contribution in [2.75, 3.05) is 7.05 Å². The Morgan fingerprint density at radius 3 is 2.33 bits per heavy atom. The van der Waals surface area contributed by atoms with E-state index in [1.165, 1.54) is 0 Å². The smallest absolute Gasteiger partial charge is 0.132 e. The molecule has 0 aliphatic rings. The van der Waals surface area contributed by atoms with Gasteiger partial charge in [-0.2, -0.15) is 0 Å². The molecular formula is C9H19NO2. The Hall–Kier alpha value is -0.410. The lowest BCUT2D eigenvalue weighted by molar-refractivity contribution is -0.121. The van der Waals surface area contributed by atoms with Crippen LogP contribution in [0.5, 0.6) is 0 Å². The van der Waals surface area contributed by atoms with Crippen LogP contribution in [0.3, 0.4) is 0 Å². The van der Waals surface area contributed by atoms with Gasteiger partial charge in [0, 0.05) is 12.0 Å². The number of aliphatic hydroxyl groups is 1. The Balaban J connectivity index is 3.83. The summed E-state index contributed by atoms with van der Waals surface area (Å²) in [4.78, 5) is 10.9. The number of carbonyl (C=O) groups is 1. The predicted molar refractivity (Wildman–Crippen MR) is 49.0 cm³/mol. The molecule has 0 radical (unpaired) electrons. The summed E-state index contributed by atoms with van der Waals surface area (Å²) in [6.07, 6.45) is 0.103. The fourth-order valence-corrected chi connectivity index (χ4v) is 0.925. The van der Waals surface area contributed by atoms with Crippen molar-refractivity contribution in [3.05, 3.63) is 0 Å². The van der Waals surface area contributed by atoms with Crippen molar-refractivity contribution >= 4 is 5.78 Å². The van der Waals surface area contributed by atoms with Crippen molar-refractivity contribution < 1.29 is 9.90 Å². The Labute approximate surface area is 74.2 Å². The Bertz CT molecular complexity index is 147. The normalized spacial score (nSPS) is 18.4. The zero-order chi connectivity index (χ0) is 9.72. The number of rotatable bonds is 5. The quantitative estimate of drug-likeness (QED) is 0.639. The van der Waals surface area contributed by atoms with E-state index in [1.807, 2.05) is 13.8 Å². The minimum atomic E-state index is -0.436. The molecule has 0 aliphatic carbocycles. The van der Waals surface area contributed by atoms with Gasteiger partial charge >= 0.3 is 0 Å². The molecule has 0 aromatic rings. The van der Waals surface area contributed by atoms with Gasteiger partial charge in [0.15, 0.2) is 0 Å². The number of likely N-dealkylation sites (N-methyl/N-ethyl adjacent to an activating group) is 1. The van der Waals surface area contributed by atoms with Crippen molar-refractivity contribution in [3.63, 3.8) is 0 Å². The molecule has 72 valence electrons. The van der Waals surface area contributed by atoms with E-state index in [-0.39, 0.29) is 17.7 Å². The topological polar surface area (TPSA) is 49.3 Å². The lowest BCUT2D eigenvalue weighted by atomic mass is 9.97. The highest BCUT2D eigenvalue weighted by Crippen LogP contribution is 2.09. The maximum atomic E-state index is 10.9. The molecule has 12 heavy (non-hydrogen) atoms. The lowest BCUT2D eigenvalue weighted by Crippen LogP contribution is -2.36. The second kappa shape index (κ2) is 5.27. The van der Waals surface area contributed by atoms with Crippen LogP contribution in [0.25, 0.3) is 0 Å². The third kappa shape index (κ3) is 3.83. The molecule has 3 atom stereocenters. The molecule has 0 rings (SSSR count). The number of carbonyl (C=O) groups excluding carboxylic acids is 1. The SMILES string of the molecule is CN[C@@H](C)[C@@H](O)C[C@@H](C)C(C)=O. The Kier molecular flexibility index (Phi) is 5.09. The standard InChI is InChI=1S/C9H19NO2/c1-6(8(3)11)5-9(12)7(2)10-4/h6-7,9-10,12H,5H2,1-4H3/t6-,7+,9+/m1/s1. The van der Waals surface area contributed by atoms with Crippen LogP contribution >= 0.6 is 0 Å². The number of hydrogen-bond acceptors (Lipinski definition) is 3. The zero-order valence-corrected chi connectivity index (χ0v) is 8.29. The first-order chi connectivity index (χ1) is 5.49. The largest absolute Gasteiger partial charge is 0.391 e. The third-order valence-electron chi connectivity index (χ3n) is 2.32. The van der Waals surface area contributed by atoms with Gasteiger partial charge in [-0.1, -0.05) is 6.92 Å². The van der Waals surface area contributed by atoms with Gasteiger partial charge in [-0.3, -0.25) is 4.79 Å². The number of Topliss-reactive ketones (excluding diaryl/α,β-unsaturated/α-hetero) is 1. The van der Waals surface area contributed by atoms with Gasteiger partial charge in [0.05, 0.1) is 6.10 Å². The Morgan fingerprint density at radius 1 is 1.50 bits per heavy atom. The van der Waals surface area contributed by atoms with E-state index in [0.717, 1.165) is 0 Å². The van der Waals surface area contributed by atoms with Crippen LogP contribution in [0, 0.1) is 5.92 Å². The molecule has 3 nitrogen and oxygen atoms in total. The number of ketones is 1. The van der Waals surface area contributed by atoms with Gasteiger partial charge in [-0.15, -0.1) is 0 Å². The monoisotopic (exact) mass is 173 g/mol. The molecule has 0 spiro atoms. The highest BCUT2D eigenvalue weighted by Gasteiger charge is 2.17. The summed E-state index contributed by atoms with van der Waals surface area (Å²) in [5, 5.41) is 12.5. The number of nitrogens with one attached hydrogen (secondary N) is 1. The molecule has 0 aromatic carbocycles. The van der Waals surface area contributed by atoms with Gasteiger partial charge in [0.1, 0.15) is 5.78 Å². The highest BCUT2D eigenvalue weighted by molar-refractivity contribution is 5.77.